The van der Waals surface area contributed by atoms with Gasteiger partial charge in [-0.25, -0.2) is 0 Å². The Balaban J connectivity index is 3.73. The van der Waals surface area contributed by atoms with Crippen molar-refractivity contribution in [2.45, 2.75) is 76.9 Å². The van der Waals surface area contributed by atoms with Gasteiger partial charge in [0.05, 0.1) is 13.0 Å². The zero-order valence-corrected chi connectivity index (χ0v) is 16.4. The topological polar surface area (TPSA) is 54.4 Å². The fraction of sp³-hybridized carbons (Fsp3) is 0.647. The molecule has 126 valence electrons. The van der Waals surface area contributed by atoms with Gasteiger partial charge in [-0.3, -0.25) is 4.55 Å². The highest BCUT2D eigenvalue weighted by Crippen LogP contribution is 2.30. The first kappa shape index (κ1) is 19.4. The zero-order chi connectivity index (χ0) is 17.0. The fourth-order valence-electron chi connectivity index (χ4n) is 4.00. The maximum absolute atomic E-state index is 12.0. The first-order valence-electron chi connectivity index (χ1n) is 8.31. The van der Waals surface area contributed by atoms with E-state index in [0.29, 0.717) is 0 Å². The van der Waals surface area contributed by atoms with Crippen molar-refractivity contribution in [1.29, 1.82) is 0 Å². The van der Waals surface area contributed by atoms with Crippen LogP contribution >= 0.6 is 0 Å². The number of rotatable bonds is 8. The van der Waals surface area contributed by atoms with Crippen LogP contribution in [0.3, 0.4) is 0 Å². The normalized spacial score (nSPS) is 12.6. The second-order valence-electron chi connectivity index (χ2n) is 6.46. The molecule has 0 aliphatic carbocycles. The maximum atomic E-state index is 12.0. The molecular formula is C17H30O3SSi. The second-order valence-corrected chi connectivity index (χ2v) is 12.4. The summed E-state index contributed by atoms with van der Waals surface area (Å²) < 4.78 is 33.8. The zero-order valence-electron chi connectivity index (χ0n) is 14.6. The van der Waals surface area contributed by atoms with Crippen LogP contribution in [0.2, 0.25) is 18.1 Å². The molecular weight excluding hydrogens is 312 g/mol. The first-order chi connectivity index (χ1) is 10.2. The molecule has 0 saturated carbocycles. The van der Waals surface area contributed by atoms with Crippen molar-refractivity contribution in [3.8, 4) is 0 Å². The van der Waals surface area contributed by atoms with Crippen molar-refractivity contribution < 1.29 is 13.0 Å². The molecule has 0 radical (unpaired) electrons. The quantitative estimate of drug-likeness (QED) is 0.561. The van der Waals surface area contributed by atoms with E-state index in [1.54, 1.807) is 6.07 Å². The van der Waals surface area contributed by atoms with Gasteiger partial charge in [-0.05, 0) is 30.7 Å². The van der Waals surface area contributed by atoms with Crippen LogP contribution in [0.25, 0.3) is 0 Å². The Kier molecular flexibility index (Phi) is 6.83. The Hall–Kier alpha value is -0.653. The van der Waals surface area contributed by atoms with Crippen LogP contribution in [0.5, 0.6) is 0 Å². The average molecular weight is 343 g/mol. The number of hydrogen-bond donors (Lipinski definition) is 1. The lowest BCUT2D eigenvalue weighted by Gasteiger charge is -2.35. The van der Waals surface area contributed by atoms with Gasteiger partial charge in [-0.1, -0.05) is 69.8 Å². The molecule has 0 fully saturated rings. The van der Waals surface area contributed by atoms with Gasteiger partial charge in [0.1, 0.15) is 0 Å². The van der Waals surface area contributed by atoms with Crippen LogP contribution in [0.4, 0.5) is 0 Å². The Labute approximate surface area is 136 Å². The van der Waals surface area contributed by atoms with Gasteiger partial charge in [0.15, 0.2) is 0 Å². The molecule has 0 amide bonds. The minimum atomic E-state index is -4.18. The Morgan fingerprint density at radius 3 is 1.77 bits per heavy atom. The molecule has 0 spiro atoms. The Morgan fingerprint density at radius 1 is 0.955 bits per heavy atom. The van der Waals surface area contributed by atoms with Gasteiger partial charge in [0.2, 0.25) is 0 Å². The van der Waals surface area contributed by atoms with Crippen molar-refractivity contribution in [1.82, 2.24) is 0 Å². The maximum Gasteiger partial charge on any atom is 0.294 e. The Bertz CT molecular complexity index is 592. The molecule has 0 atom stereocenters. The van der Waals surface area contributed by atoms with Crippen LogP contribution in [0, 0.1) is 13.8 Å². The SMILES string of the molecule is CCC[Si](CCC)(CCC)c1c(C)cc(C)cc1S(=O)(=O)O. The van der Waals surface area contributed by atoms with E-state index in [1.165, 1.54) is 0 Å². The third-order valence-corrected chi connectivity index (χ3v) is 11.6. The van der Waals surface area contributed by atoms with Gasteiger partial charge in [0.25, 0.3) is 10.1 Å². The summed E-state index contributed by atoms with van der Waals surface area (Å²) in [6.07, 6.45) is 3.18. The van der Waals surface area contributed by atoms with Crippen LogP contribution in [-0.4, -0.2) is 21.0 Å². The number of benzene rings is 1. The lowest BCUT2D eigenvalue weighted by molar-refractivity contribution is 0.483. The molecule has 22 heavy (non-hydrogen) atoms. The van der Waals surface area contributed by atoms with E-state index >= 15 is 0 Å². The van der Waals surface area contributed by atoms with Gasteiger partial charge >= 0.3 is 0 Å². The monoisotopic (exact) mass is 342 g/mol. The van der Waals surface area contributed by atoms with Crippen LogP contribution < -0.4 is 5.19 Å². The van der Waals surface area contributed by atoms with Crippen molar-refractivity contribution in [3.05, 3.63) is 23.3 Å². The van der Waals surface area contributed by atoms with Crippen LogP contribution in [0.15, 0.2) is 17.0 Å². The summed E-state index contributed by atoms with van der Waals surface area (Å²) in [5, 5.41) is 0.978. The van der Waals surface area contributed by atoms with Crippen LogP contribution in [0.1, 0.15) is 51.2 Å². The summed E-state index contributed by atoms with van der Waals surface area (Å²) in [7, 11) is -6.11. The highest BCUT2D eigenvalue weighted by Gasteiger charge is 2.38. The molecule has 1 aromatic carbocycles. The first-order valence-corrected chi connectivity index (χ1v) is 12.4. The van der Waals surface area contributed by atoms with Gasteiger partial charge in [-0.15, -0.1) is 0 Å². The van der Waals surface area contributed by atoms with E-state index in [-0.39, 0.29) is 4.90 Å². The molecule has 3 nitrogen and oxygen atoms in total. The minimum absolute atomic E-state index is 0.173. The summed E-state index contributed by atoms with van der Waals surface area (Å²) in [5.41, 5.74) is 1.93. The molecule has 0 bridgehead atoms. The van der Waals surface area contributed by atoms with E-state index < -0.39 is 18.2 Å². The predicted molar refractivity (Wildman–Crippen MR) is 96.4 cm³/mol. The van der Waals surface area contributed by atoms with Crippen molar-refractivity contribution >= 4 is 23.4 Å². The molecule has 0 heterocycles. The molecule has 0 aliphatic heterocycles. The van der Waals surface area contributed by atoms with Crippen LogP contribution in [-0.2, 0) is 10.1 Å². The third-order valence-electron chi connectivity index (χ3n) is 4.44. The molecule has 0 aliphatic rings. The van der Waals surface area contributed by atoms with Crippen molar-refractivity contribution in [3.63, 3.8) is 0 Å². The van der Waals surface area contributed by atoms with Gasteiger partial charge in [-0.2, -0.15) is 8.42 Å². The molecule has 0 saturated heterocycles. The molecule has 1 rings (SSSR count). The predicted octanol–water partition coefficient (Wildman–Crippen LogP) is 4.44. The minimum Gasteiger partial charge on any atom is -0.282 e. The summed E-state index contributed by atoms with van der Waals surface area (Å²) in [4.78, 5) is 0.173. The van der Waals surface area contributed by atoms with Gasteiger partial charge < -0.3 is 0 Å². The summed E-state index contributed by atoms with van der Waals surface area (Å²) in [6.45, 7) is 10.4. The standard InChI is InChI=1S/C17H30O3SSi/c1-6-9-22(10-7-2,11-8-3)17-15(5)12-14(4)13-16(17)21(18,19)20/h12-13H,6-11H2,1-5H3,(H,18,19,20). The molecule has 5 heteroatoms. The summed E-state index contributed by atoms with van der Waals surface area (Å²) in [6, 6.07) is 6.97. The lowest BCUT2D eigenvalue weighted by Crippen LogP contribution is -2.50. The van der Waals surface area contributed by atoms with E-state index in [0.717, 1.165) is 53.7 Å². The van der Waals surface area contributed by atoms with E-state index in [2.05, 4.69) is 26.8 Å². The van der Waals surface area contributed by atoms with Crippen molar-refractivity contribution in [2.75, 3.05) is 0 Å². The Morgan fingerprint density at radius 2 is 1.41 bits per heavy atom. The van der Waals surface area contributed by atoms with E-state index in [9.17, 15) is 13.0 Å². The second kappa shape index (κ2) is 7.75. The highest BCUT2D eigenvalue weighted by atomic mass is 32.2. The van der Waals surface area contributed by atoms with Crippen molar-refractivity contribution in [2.24, 2.45) is 0 Å². The fourth-order valence-corrected chi connectivity index (χ4v) is 11.7. The van der Waals surface area contributed by atoms with E-state index in [4.69, 9.17) is 0 Å². The number of hydrogen-bond acceptors (Lipinski definition) is 2. The average Bonchev–Trinajstić information content (AvgIpc) is 2.37. The molecule has 1 aromatic rings. The molecule has 1 N–H and O–H groups in total. The lowest BCUT2D eigenvalue weighted by atomic mass is 10.2. The third kappa shape index (κ3) is 4.21. The van der Waals surface area contributed by atoms with Gasteiger partial charge in [0, 0.05) is 0 Å². The number of aryl methyl sites for hydroxylation is 2. The summed E-state index contributed by atoms with van der Waals surface area (Å²) >= 11 is 0. The largest absolute Gasteiger partial charge is 0.294 e. The van der Waals surface area contributed by atoms with E-state index in [1.807, 2.05) is 13.8 Å². The highest BCUT2D eigenvalue weighted by molar-refractivity contribution is 7.86. The smallest absolute Gasteiger partial charge is 0.282 e. The molecule has 0 aromatic heterocycles. The molecule has 0 unspecified atom stereocenters. The summed E-state index contributed by atoms with van der Waals surface area (Å²) in [5.74, 6) is 0.